The van der Waals surface area contributed by atoms with Gasteiger partial charge in [0.25, 0.3) is 6.71 Å². The topological polar surface area (TPSA) is 11.4 Å². The Morgan fingerprint density at radius 1 is 0.223 bits per heavy atom. The highest BCUT2D eigenvalue weighted by atomic mass is 32.1. The summed E-state index contributed by atoms with van der Waals surface area (Å²) in [4.78, 5) is 5.40. The lowest BCUT2D eigenvalue weighted by Gasteiger charge is -2.46. The third-order valence-electron chi connectivity index (χ3n) is 21.7. The van der Waals surface area contributed by atoms with Gasteiger partial charge in [-0.25, -0.2) is 0 Å². The molecular formula is C98H62BN3S. The van der Waals surface area contributed by atoms with Gasteiger partial charge >= 0.3 is 0 Å². The number of fused-ring (bicyclic) bond motifs is 12. The van der Waals surface area contributed by atoms with Crippen molar-refractivity contribution in [2.24, 2.45) is 0 Å². The van der Waals surface area contributed by atoms with Gasteiger partial charge in [0.05, 0.1) is 28.1 Å². The van der Waals surface area contributed by atoms with E-state index in [1.54, 1.807) is 0 Å². The summed E-state index contributed by atoms with van der Waals surface area (Å²) < 4.78 is 5.12. The van der Waals surface area contributed by atoms with Gasteiger partial charge in [-0.3, -0.25) is 0 Å². The lowest BCUT2D eigenvalue weighted by molar-refractivity contribution is 1.16. The molecule has 0 atom stereocenters. The molecule has 21 rings (SSSR count). The summed E-state index contributed by atoms with van der Waals surface area (Å²) in [6.07, 6.45) is 0. The van der Waals surface area contributed by atoms with Crippen molar-refractivity contribution in [3.05, 3.63) is 376 Å². The van der Waals surface area contributed by atoms with Crippen LogP contribution in [0.15, 0.2) is 376 Å². The number of para-hydroxylation sites is 4. The van der Waals surface area contributed by atoms with Gasteiger partial charge in [-0.15, -0.1) is 11.3 Å². The number of nitrogens with zero attached hydrogens (tertiary/aromatic N) is 3. The minimum atomic E-state index is -0.261. The highest BCUT2D eigenvalue weighted by molar-refractivity contribution is 7.25. The number of anilines is 6. The molecule has 0 unspecified atom stereocenters. The zero-order chi connectivity index (χ0) is 67.6. The van der Waals surface area contributed by atoms with Gasteiger partial charge in [-0.05, 0) is 148 Å². The normalized spacial score (nSPS) is 12.4. The van der Waals surface area contributed by atoms with Gasteiger partial charge in [-0.1, -0.05) is 322 Å². The van der Waals surface area contributed by atoms with E-state index in [-0.39, 0.29) is 6.71 Å². The molecule has 0 fully saturated rings. The summed E-state index contributed by atoms with van der Waals surface area (Å²) in [7, 11) is 0. The molecule has 3 nitrogen and oxygen atoms in total. The standard InChI is InChI=1S/C98H62BN3S/c1-6-28-63(29-7-1)72-45-26-46-73(64-30-8-2-9-31-64)97(72)101-88-59-69(68-54-57-93-83(58-68)78-40-22-25-51-92(78)103-93)52-55-84(88)99-85-56-53-70(95-81-43-18-16-41-79(81)94(67-36-14-5-15-37-67)80-42-17-19-44-82(80)95)60-89(85)102(98-74(65-32-10-3-11-33-65)47-27-48-75(98)66-34-12-4-13-35-66)91-62-71(61-90(101)96(91)99)100-86-49-23-20-38-76(86)77-39-21-24-50-87(77)100/h1-62H. The van der Waals surface area contributed by atoms with Crippen molar-refractivity contribution >= 4 is 132 Å². The molecular weight excluding hydrogens is 1260 g/mol. The maximum Gasteiger partial charge on any atom is 0.252 e. The van der Waals surface area contributed by atoms with Crippen LogP contribution < -0.4 is 26.2 Å². The second-order valence-corrected chi connectivity index (χ2v) is 28.4. The fourth-order valence-electron chi connectivity index (χ4n) is 17.4. The second kappa shape index (κ2) is 23.8. The van der Waals surface area contributed by atoms with Gasteiger partial charge in [0, 0.05) is 75.9 Å². The Morgan fingerprint density at radius 3 is 1.04 bits per heavy atom. The molecule has 2 aliphatic heterocycles. The number of aromatic nitrogens is 1. The minimum Gasteiger partial charge on any atom is -0.310 e. The van der Waals surface area contributed by atoms with Crippen LogP contribution in [0.1, 0.15) is 0 Å². The van der Waals surface area contributed by atoms with Crippen molar-refractivity contribution in [2.45, 2.75) is 0 Å². The van der Waals surface area contributed by atoms with E-state index in [0.29, 0.717) is 0 Å². The maximum atomic E-state index is 2.71. The Kier molecular flexibility index (Phi) is 13.6. The van der Waals surface area contributed by atoms with Crippen LogP contribution in [0.3, 0.4) is 0 Å². The molecule has 5 heteroatoms. The van der Waals surface area contributed by atoms with Crippen LogP contribution in [0, 0.1) is 0 Å². The zero-order valence-corrected chi connectivity index (χ0v) is 56.9. The van der Waals surface area contributed by atoms with E-state index in [4.69, 9.17) is 0 Å². The molecule has 17 aromatic carbocycles. The van der Waals surface area contributed by atoms with Crippen LogP contribution >= 0.6 is 11.3 Å². The van der Waals surface area contributed by atoms with E-state index in [0.717, 1.165) is 106 Å². The van der Waals surface area contributed by atoms with Gasteiger partial charge in [-0.2, -0.15) is 0 Å². The summed E-state index contributed by atoms with van der Waals surface area (Å²) in [6, 6.07) is 141. The molecule has 0 saturated carbocycles. The first-order chi connectivity index (χ1) is 51.1. The Labute approximate surface area is 602 Å². The zero-order valence-electron chi connectivity index (χ0n) is 56.1. The van der Waals surface area contributed by atoms with Crippen molar-refractivity contribution in [2.75, 3.05) is 9.80 Å². The summed E-state index contributed by atoms with van der Waals surface area (Å²) in [5.41, 5.74) is 29.9. The van der Waals surface area contributed by atoms with Crippen LogP contribution in [-0.2, 0) is 0 Å². The SMILES string of the molecule is c1ccc(-c2cccc(-c3ccccc3)c2N2c3cc(-c4ccc5sc6ccccc6c5c4)ccc3B3c4ccc(-c5c6ccccc6c(-c6ccccc6)c6ccccc56)cc4N(c4c(-c5ccccc5)cccc4-c4ccccc4)c4cc(-n5c6ccccc6c6ccccc65)cc2c43)cc1. The minimum absolute atomic E-state index is 0.261. The van der Waals surface area contributed by atoms with E-state index in [2.05, 4.69) is 390 Å². The molecule has 103 heavy (non-hydrogen) atoms. The van der Waals surface area contributed by atoms with Crippen molar-refractivity contribution in [3.8, 4) is 83.6 Å². The molecule has 2 aliphatic rings. The van der Waals surface area contributed by atoms with Crippen LogP contribution in [0.25, 0.3) is 147 Å². The molecule has 4 heterocycles. The van der Waals surface area contributed by atoms with E-state index in [1.165, 1.54) is 91.1 Å². The van der Waals surface area contributed by atoms with Gasteiger partial charge < -0.3 is 14.4 Å². The third-order valence-corrected chi connectivity index (χ3v) is 22.9. The molecule has 0 amide bonds. The molecule has 19 aromatic rings. The van der Waals surface area contributed by atoms with Crippen molar-refractivity contribution in [1.29, 1.82) is 0 Å². The highest BCUT2D eigenvalue weighted by Crippen LogP contribution is 2.55. The smallest absolute Gasteiger partial charge is 0.252 e. The third kappa shape index (κ3) is 9.30. The predicted octanol–water partition coefficient (Wildman–Crippen LogP) is 25.2. The molecule has 0 N–H and O–H groups in total. The summed E-state index contributed by atoms with van der Waals surface area (Å²) in [5, 5.41) is 9.82. The van der Waals surface area contributed by atoms with E-state index >= 15 is 0 Å². The lowest BCUT2D eigenvalue weighted by Crippen LogP contribution is -2.61. The Bertz CT molecular complexity index is 6400. The highest BCUT2D eigenvalue weighted by Gasteiger charge is 2.46. The largest absolute Gasteiger partial charge is 0.310 e. The predicted molar refractivity (Wildman–Crippen MR) is 441 cm³/mol. The van der Waals surface area contributed by atoms with Crippen molar-refractivity contribution in [3.63, 3.8) is 0 Å². The maximum absolute atomic E-state index is 2.71. The summed E-state index contributed by atoms with van der Waals surface area (Å²) in [5.74, 6) is 0. The fourth-order valence-corrected chi connectivity index (χ4v) is 18.4. The van der Waals surface area contributed by atoms with Crippen molar-refractivity contribution in [1.82, 2.24) is 4.57 Å². The molecule has 0 spiro atoms. The molecule has 478 valence electrons. The average Bonchev–Trinajstić information content (AvgIpc) is 0.707. The monoisotopic (exact) mass is 1320 g/mol. The van der Waals surface area contributed by atoms with E-state index in [1.807, 2.05) is 11.3 Å². The molecule has 0 bridgehead atoms. The van der Waals surface area contributed by atoms with Gasteiger partial charge in [0.15, 0.2) is 0 Å². The van der Waals surface area contributed by atoms with E-state index < -0.39 is 0 Å². The second-order valence-electron chi connectivity index (χ2n) is 27.3. The lowest BCUT2D eigenvalue weighted by atomic mass is 9.33. The van der Waals surface area contributed by atoms with Crippen LogP contribution in [0.4, 0.5) is 34.1 Å². The first-order valence-corrected chi connectivity index (χ1v) is 36.4. The molecule has 0 radical (unpaired) electrons. The van der Waals surface area contributed by atoms with Gasteiger partial charge in [0.1, 0.15) is 0 Å². The van der Waals surface area contributed by atoms with Gasteiger partial charge in [0.2, 0.25) is 0 Å². The first-order valence-electron chi connectivity index (χ1n) is 35.6. The Morgan fingerprint density at radius 2 is 0.573 bits per heavy atom. The van der Waals surface area contributed by atoms with Crippen LogP contribution in [0.2, 0.25) is 0 Å². The molecule has 2 aromatic heterocycles. The molecule has 0 aliphatic carbocycles. The Hall–Kier alpha value is -13.1. The summed E-state index contributed by atoms with van der Waals surface area (Å²) in [6.45, 7) is -0.261. The quantitative estimate of drug-likeness (QED) is 0.0999. The first kappa shape index (κ1) is 58.9. The number of hydrogen-bond donors (Lipinski definition) is 0. The van der Waals surface area contributed by atoms with Crippen LogP contribution in [0.5, 0.6) is 0 Å². The number of thiophene rings is 1. The summed E-state index contributed by atoms with van der Waals surface area (Å²) >= 11 is 1.87. The van der Waals surface area contributed by atoms with Crippen LogP contribution in [-0.4, -0.2) is 11.3 Å². The number of hydrogen-bond acceptors (Lipinski definition) is 3. The van der Waals surface area contributed by atoms with Crippen molar-refractivity contribution < 1.29 is 0 Å². The Balaban J connectivity index is 0.945. The molecule has 0 saturated heterocycles. The van der Waals surface area contributed by atoms with E-state index in [9.17, 15) is 0 Å². The fraction of sp³-hybridized carbons (Fsp3) is 0. The number of rotatable bonds is 10. The number of benzene rings is 17. The average molecular weight is 1320 g/mol.